The van der Waals surface area contributed by atoms with E-state index in [-0.39, 0.29) is 16.6 Å². The number of methoxy groups -OCH3 is 1. The number of carbonyl (C=O) groups excluding carboxylic acids is 1. The quantitative estimate of drug-likeness (QED) is 0.689. The zero-order chi connectivity index (χ0) is 18.8. The number of aryl methyl sites for hydroxylation is 1. The summed E-state index contributed by atoms with van der Waals surface area (Å²) < 4.78 is 5.81. The van der Waals surface area contributed by atoms with E-state index in [1.54, 1.807) is 7.11 Å². The summed E-state index contributed by atoms with van der Waals surface area (Å²) in [6.07, 6.45) is 8.06. The number of benzene rings is 1. The van der Waals surface area contributed by atoms with Crippen LogP contribution in [0, 0.1) is 0 Å². The molecule has 0 heterocycles. The van der Waals surface area contributed by atoms with Crippen LogP contribution in [0.5, 0.6) is 5.75 Å². The van der Waals surface area contributed by atoms with Crippen molar-refractivity contribution < 1.29 is 9.53 Å². The Morgan fingerprint density at radius 3 is 2.00 bits per heavy atom. The van der Waals surface area contributed by atoms with E-state index in [9.17, 15) is 4.79 Å². The number of hydrogen-bond acceptors (Lipinski definition) is 2. The van der Waals surface area contributed by atoms with Crippen molar-refractivity contribution in [1.82, 2.24) is 0 Å². The van der Waals surface area contributed by atoms with Gasteiger partial charge in [0, 0.05) is 17.5 Å². The zero-order valence-electron chi connectivity index (χ0n) is 16.8. The van der Waals surface area contributed by atoms with Gasteiger partial charge in [-0.05, 0) is 34.8 Å². The van der Waals surface area contributed by atoms with Crippen LogP contribution in [0.25, 0.3) is 0 Å². The molecule has 0 aliphatic heterocycles. The highest BCUT2D eigenvalue weighted by Crippen LogP contribution is 2.40. The number of hydrogen-bond donors (Lipinski definition) is 0. The molecule has 1 aliphatic carbocycles. The van der Waals surface area contributed by atoms with Crippen LogP contribution in [0.2, 0.25) is 0 Å². The number of carbonyl (C=O) groups is 1. The minimum Gasteiger partial charge on any atom is -0.496 e. The number of Topliss-reactive ketones (excluding diaryl/α,β-unsaturated/α-hetero) is 1. The van der Waals surface area contributed by atoms with Gasteiger partial charge >= 0.3 is 0 Å². The first kappa shape index (κ1) is 19.5. The fourth-order valence-corrected chi connectivity index (χ4v) is 3.24. The molecule has 2 heteroatoms. The second-order valence-corrected chi connectivity index (χ2v) is 8.97. The fourth-order valence-electron chi connectivity index (χ4n) is 3.24. The standard InChI is InChI=1S/C23H32O2/c1-22(2,3)18-14-16(12-13-20(24)17-10-8-9-11-17)15-19(21(18)25-7)23(4,5)6/h8-10,14-15H,11-13H2,1-7H3. The summed E-state index contributed by atoms with van der Waals surface area (Å²) in [6, 6.07) is 4.45. The number of ketones is 1. The summed E-state index contributed by atoms with van der Waals surface area (Å²) in [7, 11) is 1.75. The molecule has 0 atom stereocenters. The first-order chi connectivity index (χ1) is 11.5. The number of rotatable bonds is 5. The Labute approximate surface area is 153 Å². The molecule has 0 radical (unpaired) electrons. The molecule has 0 bridgehead atoms. The molecule has 2 nitrogen and oxygen atoms in total. The Hall–Kier alpha value is -1.83. The molecular formula is C23H32O2. The lowest BCUT2D eigenvalue weighted by atomic mass is 9.78. The Kier molecular flexibility index (Phi) is 5.61. The van der Waals surface area contributed by atoms with Crippen LogP contribution < -0.4 is 4.74 Å². The first-order valence-corrected chi connectivity index (χ1v) is 9.15. The highest BCUT2D eigenvalue weighted by molar-refractivity contribution is 5.96. The lowest BCUT2D eigenvalue weighted by Gasteiger charge is -2.30. The monoisotopic (exact) mass is 340 g/mol. The molecule has 0 aromatic heterocycles. The molecule has 0 unspecified atom stereocenters. The molecule has 136 valence electrons. The topological polar surface area (TPSA) is 26.3 Å². The van der Waals surface area contributed by atoms with Gasteiger partial charge in [0.25, 0.3) is 0 Å². The van der Waals surface area contributed by atoms with Crippen LogP contribution in [0.1, 0.15) is 71.1 Å². The maximum atomic E-state index is 12.4. The van der Waals surface area contributed by atoms with Crippen molar-refractivity contribution in [3.63, 3.8) is 0 Å². The van der Waals surface area contributed by atoms with E-state index in [0.29, 0.717) is 6.42 Å². The van der Waals surface area contributed by atoms with Crippen LogP contribution in [0.15, 0.2) is 35.9 Å². The predicted molar refractivity (Wildman–Crippen MR) is 106 cm³/mol. The van der Waals surface area contributed by atoms with Crippen LogP contribution in [0.3, 0.4) is 0 Å². The molecule has 0 saturated heterocycles. The van der Waals surface area contributed by atoms with Crippen molar-refractivity contribution in [1.29, 1.82) is 0 Å². The largest absolute Gasteiger partial charge is 0.496 e. The summed E-state index contributed by atoms with van der Waals surface area (Å²) in [6.45, 7) is 13.3. The SMILES string of the molecule is COc1c(C(C)(C)C)cc(CCC(=O)C2=CC=CC2)cc1C(C)(C)C. The van der Waals surface area contributed by atoms with Gasteiger partial charge in [0.1, 0.15) is 5.75 Å². The van der Waals surface area contributed by atoms with Crippen molar-refractivity contribution in [3.05, 3.63) is 52.6 Å². The zero-order valence-corrected chi connectivity index (χ0v) is 16.8. The van der Waals surface area contributed by atoms with E-state index < -0.39 is 0 Å². The maximum Gasteiger partial charge on any atom is 0.159 e. The van der Waals surface area contributed by atoms with Crippen LogP contribution in [-0.2, 0) is 22.0 Å². The lowest BCUT2D eigenvalue weighted by Crippen LogP contribution is -2.20. The molecule has 25 heavy (non-hydrogen) atoms. The van der Waals surface area contributed by atoms with Crippen LogP contribution in [-0.4, -0.2) is 12.9 Å². The Morgan fingerprint density at radius 1 is 1.04 bits per heavy atom. The van der Waals surface area contributed by atoms with E-state index in [1.165, 1.54) is 16.7 Å². The number of ether oxygens (including phenoxy) is 1. The van der Waals surface area contributed by atoms with Gasteiger partial charge in [0.05, 0.1) is 7.11 Å². The van der Waals surface area contributed by atoms with Gasteiger partial charge in [0.15, 0.2) is 5.78 Å². The van der Waals surface area contributed by atoms with E-state index in [4.69, 9.17) is 4.74 Å². The Balaban J connectivity index is 2.36. The predicted octanol–water partition coefficient (Wildman–Crippen LogP) is 5.68. The molecule has 0 amide bonds. The third-order valence-corrected chi connectivity index (χ3v) is 4.74. The summed E-state index contributed by atoms with van der Waals surface area (Å²) >= 11 is 0. The summed E-state index contributed by atoms with van der Waals surface area (Å²) in [5.74, 6) is 1.24. The normalized spacial score (nSPS) is 14.6. The molecule has 1 aromatic rings. The third-order valence-electron chi connectivity index (χ3n) is 4.74. The molecule has 1 aliphatic rings. The second-order valence-electron chi connectivity index (χ2n) is 8.97. The lowest BCUT2D eigenvalue weighted by molar-refractivity contribution is -0.115. The van der Waals surface area contributed by atoms with Gasteiger partial charge in [0.2, 0.25) is 0 Å². The summed E-state index contributed by atoms with van der Waals surface area (Å²) in [5, 5.41) is 0. The van der Waals surface area contributed by atoms with E-state index in [1.807, 2.05) is 18.2 Å². The van der Waals surface area contributed by atoms with Gasteiger partial charge in [-0.15, -0.1) is 0 Å². The van der Waals surface area contributed by atoms with Crippen LogP contribution in [0.4, 0.5) is 0 Å². The molecule has 0 saturated carbocycles. The van der Waals surface area contributed by atoms with Crippen molar-refractivity contribution in [2.24, 2.45) is 0 Å². The first-order valence-electron chi connectivity index (χ1n) is 9.15. The molecule has 0 fully saturated rings. The second kappa shape index (κ2) is 7.19. The minimum atomic E-state index is -0.0107. The number of allylic oxidation sites excluding steroid dienone is 4. The Bertz CT molecular complexity index is 672. The van der Waals surface area contributed by atoms with Crippen molar-refractivity contribution in [2.45, 2.75) is 71.6 Å². The van der Waals surface area contributed by atoms with Gasteiger partial charge in [-0.2, -0.15) is 0 Å². The molecule has 0 N–H and O–H groups in total. The summed E-state index contributed by atoms with van der Waals surface area (Å²) in [5.41, 5.74) is 4.56. The molecular weight excluding hydrogens is 308 g/mol. The van der Waals surface area contributed by atoms with Gasteiger partial charge < -0.3 is 4.74 Å². The van der Waals surface area contributed by atoms with E-state index in [0.717, 1.165) is 24.2 Å². The minimum absolute atomic E-state index is 0.0107. The average molecular weight is 341 g/mol. The van der Waals surface area contributed by atoms with Crippen LogP contribution >= 0.6 is 0 Å². The Morgan fingerprint density at radius 2 is 1.60 bits per heavy atom. The third kappa shape index (κ3) is 4.62. The average Bonchev–Trinajstić information content (AvgIpc) is 3.04. The van der Waals surface area contributed by atoms with Crippen molar-refractivity contribution >= 4 is 5.78 Å². The molecule has 0 spiro atoms. The molecule has 1 aromatic carbocycles. The van der Waals surface area contributed by atoms with Gasteiger partial charge in [-0.1, -0.05) is 71.9 Å². The van der Waals surface area contributed by atoms with Gasteiger partial charge in [-0.3, -0.25) is 4.79 Å². The maximum absolute atomic E-state index is 12.4. The van der Waals surface area contributed by atoms with E-state index in [2.05, 4.69) is 53.7 Å². The smallest absolute Gasteiger partial charge is 0.159 e. The molecule has 2 rings (SSSR count). The highest BCUT2D eigenvalue weighted by atomic mass is 16.5. The van der Waals surface area contributed by atoms with Gasteiger partial charge in [-0.25, -0.2) is 0 Å². The summed E-state index contributed by atoms with van der Waals surface area (Å²) in [4.78, 5) is 12.4. The highest BCUT2D eigenvalue weighted by Gasteiger charge is 2.27. The fraction of sp³-hybridized carbons (Fsp3) is 0.522. The van der Waals surface area contributed by atoms with Crippen molar-refractivity contribution in [2.75, 3.05) is 7.11 Å². The van der Waals surface area contributed by atoms with E-state index >= 15 is 0 Å². The van der Waals surface area contributed by atoms with Crippen molar-refractivity contribution in [3.8, 4) is 5.75 Å².